The molecule has 0 aliphatic carbocycles. The lowest BCUT2D eigenvalue weighted by atomic mass is 10.0. The quantitative estimate of drug-likeness (QED) is 0.698. The van der Waals surface area contributed by atoms with Crippen LogP contribution in [0.2, 0.25) is 0 Å². The molecule has 0 bridgehead atoms. The zero-order valence-electron chi connectivity index (χ0n) is 15.6. The van der Waals surface area contributed by atoms with Crippen molar-refractivity contribution in [2.45, 2.75) is 38.9 Å². The van der Waals surface area contributed by atoms with Crippen LogP contribution in [0, 0.1) is 0 Å². The van der Waals surface area contributed by atoms with E-state index in [9.17, 15) is 14.7 Å². The topological polar surface area (TPSA) is 84.9 Å². The lowest BCUT2D eigenvalue weighted by Gasteiger charge is -2.17. The number of carbonyl (C=O) groups is 2. The first-order chi connectivity index (χ1) is 12.9. The van der Waals surface area contributed by atoms with Gasteiger partial charge in [-0.3, -0.25) is 5.32 Å². The summed E-state index contributed by atoms with van der Waals surface area (Å²) in [4.78, 5) is 23.1. The van der Waals surface area contributed by atoms with Crippen molar-refractivity contribution in [2.75, 3.05) is 11.9 Å². The Hall–Kier alpha value is -2.86. The zero-order chi connectivity index (χ0) is 19.6. The molecule has 27 heavy (non-hydrogen) atoms. The Morgan fingerprint density at radius 1 is 1.04 bits per heavy atom. The molecule has 0 aromatic heterocycles. The summed E-state index contributed by atoms with van der Waals surface area (Å²) >= 11 is 0. The molecule has 2 aromatic carbocycles. The summed E-state index contributed by atoms with van der Waals surface area (Å²) in [6.45, 7) is 3.85. The molecule has 0 aliphatic heterocycles. The number of ether oxygens (including phenoxy) is 2. The Balaban J connectivity index is 1.84. The smallest absolute Gasteiger partial charge is 0.411 e. The van der Waals surface area contributed by atoms with Gasteiger partial charge in [0.05, 0.1) is 12.7 Å². The molecule has 6 heteroatoms. The normalized spacial score (nSPS) is 11.8. The van der Waals surface area contributed by atoms with Crippen molar-refractivity contribution >= 4 is 17.7 Å². The van der Waals surface area contributed by atoms with Crippen LogP contribution in [0.1, 0.15) is 25.0 Å². The van der Waals surface area contributed by atoms with Crippen molar-refractivity contribution < 1.29 is 24.2 Å². The minimum atomic E-state index is -0.977. The van der Waals surface area contributed by atoms with E-state index in [0.29, 0.717) is 12.1 Å². The second-order valence-corrected chi connectivity index (χ2v) is 6.41. The Kier molecular flexibility index (Phi) is 7.82. The number of carboxylic acids is 1. The number of hydrogen-bond acceptors (Lipinski definition) is 4. The standard InChI is InChI=1S/C21H25NO5/c1-15(2)27-19(20(23)24)14-17-8-6-7-16(13-17)11-12-26-21(25)22-18-9-4-3-5-10-18/h3-10,13,15,19H,11-12,14H2,1-2H3,(H,22,25)(H,23,24). The molecule has 0 heterocycles. The Morgan fingerprint density at radius 2 is 1.74 bits per heavy atom. The van der Waals surface area contributed by atoms with E-state index in [1.807, 2.05) is 56.3 Å². The first-order valence-electron chi connectivity index (χ1n) is 8.89. The maximum atomic E-state index is 11.8. The minimum Gasteiger partial charge on any atom is -0.479 e. The van der Waals surface area contributed by atoms with Crippen molar-refractivity contribution in [1.82, 2.24) is 0 Å². The van der Waals surface area contributed by atoms with Gasteiger partial charge < -0.3 is 14.6 Å². The molecule has 2 N–H and O–H groups in total. The number of carbonyl (C=O) groups excluding carboxylic acids is 1. The number of nitrogens with one attached hydrogen (secondary N) is 1. The van der Waals surface area contributed by atoms with Gasteiger partial charge in [0.15, 0.2) is 6.10 Å². The highest BCUT2D eigenvalue weighted by Crippen LogP contribution is 2.12. The fraction of sp³-hybridized carbons (Fsp3) is 0.333. The second kappa shape index (κ2) is 10.3. The molecule has 1 unspecified atom stereocenters. The average molecular weight is 371 g/mol. The Bertz CT molecular complexity index is 745. The van der Waals surface area contributed by atoms with Crippen LogP contribution in [0.3, 0.4) is 0 Å². The zero-order valence-corrected chi connectivity index (χ0v) is 15.6. The first-order valence-corrected chi connectivity index (χ1v) is 8.89. The summed E-state index contributed by atoms with van der Waals surface area (Å²) < 4.78 is 10.6. The molecule has 0 spiro atoms. The van der Waals surface area contributed by atoms with Crippen LogP contribution >= 0.6 is 0 Å². The van der Waals surface area contributed by atoms with Gasteiger partial charge in [0.25, 0.3) is 0 Å². The lowest BCUT2D eigenvalue weighted by molar-refractivity contribution is -0.153. The van der Waals surface area contributed by atoms with Gasteiger partial charge in [-0.2, -0.15) is 0 Å². The molecular formula is C21H25NO5. The van der Waals surface area contributed by atoms with E-state index >= 15 is 0 Å². The molecule has 144 valence electrons. The number of rotatable bonds is 9. The van der Waals surface area contributed by atoms with Crippen molar-refractivity contribution in [2.24, 2.45) is 0 Å². The highest BCUT2D eigenvalue weighted by molar-refractivity contribution is 5.84. The summed E-state index contributed by atoms with van der Waals surface area (Å²) in [7, 11) is 0. The predicted molar refractivity (Wildman–Crippen MR) is 103 cm³/mol. The van der Waals surface area contributed by atoms with Crippen LogP contribution in [0.4, 0.5) is 10.5 Å². The van der Waals surface area contributed by atoms with E-state index in [1.54, 1.807) is 12.1 Å². The van der Waals surface area contributed by atoms with Gasteiger partial charge in [0, 0.05) is 18.5 Å². The van der Waals surface area contributed by atoms with E-state index in [4.69, 9.17) is 9.47 Å². The van der Waals surface area contributed by atoms with Crippen LogP contribution in [0.15, 0.2) is 54.6 Å². The summed E-state index contributed by atoms with van der Waals surface area (Å²) in [6, 6.07) is 16.6. The molecule has 0 fully saturated rings. The van der Waals surface area contributed by atoms with Gasteiger partial charge in [-0.05, 0) is 37.1 Å². The number of amides is 1. The molecule has 2 rings (SSSR count). The molecule has 0 aliphatic rings. The molecule has 0 saturated heterocycles. The Labute approximate surface area is 159 Å². The third-order valence-corrected chi connectivity index (χ3v) is 3.77. The van der Waals surface area contributed by atoms with E-state index in [0.717, 1.165) is 11.1 Å². The first kappa shape index (κ1) is 20.5. The number of carboxylic acid groups (broad SMARTS) is 1. The number of hydrogen-bond donors (Lipinski definition) is 2. The van der Waals surface area contributed by atoms with Gasteiger partial charge in [0.2, 0.25) is 0 Å². The number of para-hydroxylation sites is 1. The second-order valence-electron chi connectivity index (χ2n) is 6.41. The van der Waals surface area contributed by atoms with Crippen LogP contribution in [-0.2, 0) is 27.1 Å². The molecular weight excluding hydrogens is 346 g/mol. The Morgan fingerprint density at radius 3 is 2.41 bits per heavy atom. The van der Waals surface area contributed by atoms with Crippen LogP contribution in [0.25, 0.3) is 0 Å². The monoisotopic (exact) mass is 371 g/mol. The SMILES string of the molecule is CC(C)OC(Cc1cccc(CCOC(=O)Nc2ccccc2)c1)C(=O)O. The van der Waals surface area contributed by atoms with Gasteiger partial charge in [-0.15, -0.1) is 0 Å². The van der Waals surface area contributed by atoms with Crippen molar-refractivity contribution in [1.29, 1.82) is 0 Å². The summed E-state index contributed by atoms with van der Waals surface area (Å²) in [5.41, 5.74) is 2.51. The fourth-order valence-electron chi connectivity index (χ4n) is 2.59. The largest absolute Gasteiger partial charge is 0.479 e. The van der Waals surface area contributed by atoms with E-state index in [-0.39, 0.29) is 19.1 Å². The van der Waals surface area contributed by atoms with Crippen molar-refractivity contribution in [3.8, 4) is 0 Å². The summed E-state index contributed by atoms with van der Waals surface area (Å²) in [5.74, 6) is -0.977. The van der Waals surface area contributed by atoms with Gasteiger partial charge in [-0.25, -0.2) is 9.59 Å². The average Bonchev–Trinajstić information content (AvgIpc) is 2.62. The number of aliphatic carboxylic acids is 1. The van der Waals surface area contributed by atoms with Crippen LogP contribution in [0.5, 0.6) is 0 Å². The molecule has 6 nitrogen and oxygen atoms in total. The fourth-order valence-corrected chi connectivity index (χ4v) is 2.59. The van der Waals surface area contributed by atoms with E-state index in [2.05, 4.69) is 5.32 Å². The predicted octanol–water partition coefficient (Wildman–Crippen LogP) is 3.90. The van der Waals surface area contributed by atoms with Crippen molar-refractivity contribution in [3.05, 3.63) is 65.7 Å². The summed E-state index contributed by atoms with van der Waals surface area (Å²) in [5, 5.41) is 11.9. The van der Waals surface area contributed by atoms with Crippen molar-refractivity contribution in [3.63, 3.8) is 0 Å². The molecule has 2 aromatic rings. The van der Waals surface area contributed by atoms with E-state index < -0.39 is 18.2 Å². The van der Waals surface area contributed by atoms with Gasteiger partial charge >= 0.3 is 12.1 Å². The minimum absolute atomic E-state index is 0.161. The number of anilines is 1. The van der Waals surface area contributed by atoms with Crippen LogP contribution < -0.4 is 5.32 Å². The van der Waals surface area contributed by atoms with Gasteiger partial charge in [0.1, 0.15) is 0 Å². The highest BCUT2D eigenvalue weighted by Gasteiger charge is 2.20. The summed E-state index contributed by atoms with van der Waals surface area (Å²) in [6.07, 6.45) is -0.720. The maximum Gasteiger partial charge on any atom is 0.411 e. The van der Waals surface area contributed by atoms with Gasteiger partial charge in [-0.1, -0.05) is 42.5 Å². The molecule has 0 radical (unpaired) electrons. The maximum absolute atomic E-state index is 11.8. The number of benzene rings is 2. The van der Waals surface area contributed by atoms with Crippen LogP contribution in [-0.4, -0.2) is 36.0 Å². The third kappa shape index (κ3) is 7.50. The molecule has 1 amide bonds. The molecule has 1 atom stereocenters. The van der Waals surface area contributed by atoms with E-state index in [1.165, 1.54) is 0 Å². The molecule has 0 saturated carbocycles. The lowest BCUT2D eigenvalue weighted by Crippen LogP contribution is -2.29. The highest BCUT2D eigenvalue weighted by atomic mass is 16.5. The third-order valence-electron chi connectivity index (χ3n) is 3.77.